The molecule has 1 aromatic carbocycles. The fraction of sp³-hybridized carbons (Fsp3) is 0.588. The molecule has 0 heterocycles. The standard InChI is InChI=1S/C17H24N2O3/c20-15(13-7-8-13)10-19-17(21)18-9-14-3-1-2-4-16(14)22-11-12-5-6-12/h1-4,12-13,15,20H,5-11H2,(H2,18,19,21)/t15-/m1/s1. The summed E-state index contributed by atoms with van der Waals surface area (Å²) >= 11 is 0. The van der Waals surface area contributed by atoms with Crippen LogP contribution in [0.15, 0.2) is 24.3 Å². The first kappa shape index (κ1) is 15.2. The highest BCUT2D eigenvalue weighted by Crippen LogP contribution is 2.32. The molecule has 2 amide bonds. The maximum absolute atomic E-state index is 11.8. The summed E-state index contributed by atoms with van der Waals surface area (Å²) in [4.78, 5) is 11.8. The molecule has 22 heavy (non-hydrogen) atoms. The minimum absolute atomic E-state index is 0.253. The number of amides is 2. The third-order valence-corrected chi connectivity index (χ3v) is 4.22. The minimum Gasteiger partial charge on any atom is -0.493 e. The van der Waals surface area contributed by atoms with Gasteiger partial charge in [-0.1, -0.05) is 18.2 Å². The molecule has 5 heteroatoms. The molecule has 0 saturated heterocycles. The molecule has 120 valence electrons. The number of rotatable bonds is 8. The zero-order chi connectivity index (χ0) is 15.4. The monoisotopic (exact) mass is 304 g/mol. The molecule has 2 fully saturated rings. The lowest BCUT2D eigenvalue weighted by Crippen LogP contribution is -2.40. The lowest BCUT2D eigenvalue weighted by molar-refractivity contribution is 0.149. The van der Waals surface area contributed by atoms with Gasteiger partial charge in [-0.2, -0.15) is 0 Å². The zero-order valence-corrected chi connectivity index (χ0v) is 12.8. The van der Waals surface area contributed by atoms with Crippen LogP contribution in [0.3, 0.4) is 0 Å². The Labute approximate surface area is 131 Å². The van der Waals surface area contributed by atoms with Crippen molar-refractivity contribution < 1.29 is 14.6 Å². The van der Waals surface area contributed by atoms with Gasteiger partial charge < -0.3 is 20.5 Å². The van der Waals surface area contributed by atoms with E-state index >= 15 is 0 Å². The Morgan fingerprint density at radius 2 is 2.00 bits per heavy atom. The van der Waals surface area contributed by atoms with Crippen molar-refractivity contribution in [2.45, 2.75) is 38.3 Å². The number of benzene rings is 1. The maximum Gasteiger partial charge on any atom is 0.315 e. The molecular weight excluding hydrogens is 280 g/mol. The zero-order valence-electron chi connectivity index (χ0n) is 12.8. The molecule has 2 aliphatic carbocycles. The summed E-state index contributed by atoms with van der Waals surface area (Å²) < 4.78 is 5.82. The van der Waals surface area contributed by atoms with Crippen LogP contribution in [-0.4, -0.2) is 30.4 Å². The molecule has 3 rings (SSSR count). The number of carbonyl (C=O) groups is 1. The van der Waals surface area contributed by atoms with Gasteiger partial charge in [0.15, 0.2) is 0 Å². The average Bonchev–Trinajstić information content (AvgIpc) is 3.40. The molecule has 0 aromatic heterocycles. The Hall–Kier alpha value is -1.75. The van der Waals surface area contributed by atoms with Crippen molar-refractivity contribution in [1.29, 1.82) is 0 Å². The summed E-state index contributed by atoms with van der Waals surface area (Å²) in [6.45, 7) is 1.50. The van der Waals surface area contributed by atoms with E-state index in [1.165, 1.54) is 12.8 Å². The van der Waals surface area contributed by atoms with Gasteiger partial charge in [-0.15, -0.1) is 0 Å². The number of urea groups is 1. The summed E-state index contributed by atoms with van der Waals surface area (Å²) in [5.41, 5.74) is 0.973. The second-order valence-electron chi connectivity index (χ2n) is 6.33. The van der Waals surface area contributed by atoms with Crippen molar-refractivity contribution in [1.82, 2.24) is 10.6 Å². The molecular formula is C17H24N2O3. The number of ether oxygens (including phenoxy) is 1. The highest BCUT2D eigenvalue weighted by molar-refractivity contribution is 5.73. The molecule has 0 unspecified atom stereocenters. The second kappa shape index (κ2) is 7.01. The number of aliphatic hydroxyl groups excluding tert-OH is 1. The Morgan fingerprint density at radius 3 is 2.73 bits per heavy atom. The van der Waals surface area contributed by atoms with Gasteiger partial charge in [0.1, 0.15) is 5.75 Å². The lowest BCUT2D eigenvalue weighted by atomic mass is 10.2. The first-order chi connectivity index (χ1) is 10.7. The Morgan fingerprint density at radius 1 is 1.23 bits per heavy atom. The number of para-hydroxylation sites is 1. The van der Waals surface area contributed by atoms with Crippen LogP contribution < -0.4 is 15.4 Å². The van der Waals surface area contributed by atoms with E-state index < -0.39 is 6.10 Å². The predicted molar refractivity (Wildman–Crippen MR) is 83.6 cm³/mol. The van der Waals surface area contributed by atoms with Crippen molar-refractivity contribution in [2.24, 2.45) is 11.8 Å². The van der Waals surface area contributed by atoms with Crippen LogP contribution in [0.1, 0.15) is 31.2 Å². The van der Waals surface area contributed by atoms with Crippen molar-refractivity contribution in [3.63, 3.8) is 0 Å². The normalized spacial score (nSPS) is 18.6. The van der Waals surface area contributed by atoms with Crippen molar-refractivity contribution in [2.75, 3.05) is 13.2 Å². The summed E-state index contributed by atoms with van der Waals surface area (Å²) in [7, 11) is 0. The molecule has 0 bridgehead atoms. The summed E-state index contributed by atoms with van der Waals surface area (Å²) in [5, 5.41) is 15.3. The summed E-state index contributed by atoms with van der Waals surface area (Å²) in [5.74, 6) is 1.91. The fourth-order valence-electron chi connectivity index (χ4n) is 2.37. The number of nitrogens with one attached hydrogen (secondary N) is 2. The molecule has 5 nitrogen and oxygen atoms in total. The molecule has 1 aromatic rings. The van der Waals surface area contributed by atoms with Gasteiger partial charge >= 0.3 is 6.03 Å². The van der Waals surface area contributed by atoms with Crippen LogP contribution in [0.4, 0.5) is 4.79 Å². The third kappa shape index (κ3) is 4.63. The Bertz CT molecular complexity index is 512. The molecule has 0 aliphatic heterocycles. The molecule has 0 spiro atoms. The van der Waals surface area contributed by atoms with E-state index in [1.807, 2.05) is 24.3 Å². The van der Waals surface area contributed by atoms with Crippen molar-refractivity contribution >= 4 is 6.03 Å². The van der Waals surface area contributed by atoms with Gasteiger partial charge in [-0.25, -0.2) is 4.79 Å². The fourth-order valence-corrected chi connectivity index (χ4v) is 2.37. The van der Waals surface area contributed by atoms with Gasteiger partial charge in [0.25, 0.3) is 0 Å². The van der Waals surface area contributed by atoms with Crippen LogP contribution in [0.2, 0.25) is 0 Å². The number of carbonyl (C=O) groups excluding carboxylic acids is 1. The van der Waals surface area contributed by atoms with Gasteiger partial charge in [-0.05, 0) is 43.6 Å². The van der Waals surface area contributed by atoms with Crippen LogP contribution in [-0.2, 0) is 6.54 Å². The van der Waals surface area contributed by atoms with Crippen molar-refractivity contribution in [3.8, 4) is 5.75 Å². The number of hydrogen-bond acceptors (Lipinski definition) is 3. The summed E-state index contributed by atoms with van der Waals surface area (Å²) in [6.07, 6.45) is 4.23. The average molecular weight is 304 g/mol. The Balaban J connectivity index is 1.42. The topological polar surface area (TPSA) is 70.6 Å². The van der Waals surface area contributed by atoms with E-state index in [0.29, 0.717) is 24.9 Å². The first-order valence-corrected chi connectivity index (χ1v) is 8.13. The number of aliphatic hydroxyl groups is 1. The SMILES string of the molecule is O=C(NCc1ccccc1OCC1CC1)NC[C@@H](O)C1CC1. The minimum atomic E-state index is -0.417. The predicted octanol–water partition coefficient (Wildman–Crippen LogP) is 2.05. The van der Waals surface area contributed by atoms with E-state index in [9.17, 15) is 9.90 Å². The molecule has 3 N–H and O–H groups in total. The quantitative estimate of drug-likeness (QED) is 0.688. The molecule has 0 radical (unpaired) electrons. The van der Waals surface area contributed by atoms with E-state index in [1.54, 1.807) is 0 Å². The highest BCUT2D eigenvalue weighted by Gasteiger charge is 2.29. The van der Waals surface area contributed by atoms with E-state index in [4.69, 9.17) is 4.74 Å². The van der Waals surface area contributed by atoms with Crippen molar-refractivity contribution in [3.05, 3.63) is 29.8 Å². The van der Waals surface area contributed by atoms with Crippen LogP contribution in [0.5, 0.6) is 5.75 Å². The Kier molecular flexibility index (Phi) is 4.83. The van der Waals surface area contributed by atoms with Gasteiger partial charge in [-0.3, -0.25) is 0 Å². The molecule has 1 atom stereocenters. The second-order valence-corrected chi connectivity index (χ2v) is 6.33. The molecule has 2 saturated carbocycles. The van der Waals surface area contributed by atoms with Gasteiger partial charge in [0, 0.05) is 18.7 Å². The maximum atomic E-state index is 11.8. The van der Waals surface area contributed by atoms with E-state index in [-0.39, 0.29) is 6.03 Å². The van der Waals surface area contributed by atoms with Gasteiger partial charge in [0.05, 0.1) is 12.7 Å². The van der Waals surface area contributed by atoms with Gasteiger partial charge in [0.2, 0.25) is 0 Å². The molecule has 2 aliphatic rings. The lowest BCUT2D eigenvalue weighted by Gasteiger charge is -2.14. The summed E-state index contributed by atoms with van der Waals surface area (Å²) in [6, 6.07) is 7.53. The third-order valence-electron chi connectivity index (χ3n) is 4.22. The highest BCUT2D eigenvalue weighted by atomic mass is 16.5. The largest absolute Gasteiger partial charge is 0.493 e. The van der Waals surface area contributed by atoms with Crippen LogP contribution >= 0.6 is 0 Å². The first-order valence-electron chi connectivity index (χ1n) is 8.13. The smallest absolute Gasteiger partial charge is 0.315 e. The van der Waals surface area contributed by atoms with Crippen LogP contribution in [0.25, 0.3) is 0 Å². The number of hydrogen-bond donors (Lipinski definition) is 3. The van der Waals surface area contributed by atoms with E-state index in [0.717, 1.165) is 30.8 Å². The van der Waals surface area contributed by atoms with Crippen LogP contribution in [0, 0.1) is 11.8 Å². The van der Waals surface area contributed by atoms with E-state index in [2.05, 4.69) is 10.6 Å².